The van der Waals surface area contributed by atoms with Crippen LogP contribution in [0, 0.1) is 5.92 Å². The quantitative estimate of drug-likeness (QED) is 0.712. The van der Waals surface area contributed by atoms with Crippen LogP contribution in [0.1, 0.15) is 18.7 Å². The van der Waals surface area contributed by atoms with Crippen molar-refractivity contribution in [3.05, 3.63) is 18.2 Å². The standard InChI is InChI=1S/C9H14N4/c1-3-10-4-2-8(1)7-9-11-5-6-12-13-9/h5-6,8,10H,1-4,7H2. The third-order valence-corrected chi connectivity index (χ3v) is 2.46. The number of rotatable bonds is 2. The highest BCUT2D eigenvalue weighted by atomic mass is 15.1. The Kier molecular flexibility index (Phi) is 2.82. The molecule has 1 aliphatic rings. The number of nitrogens with zero attached hydrogens (tertiary/aromatic N) is 3. The van der Waals surface area contributed by atoms with Gasteiger partial charge in [0.15, 0.2) is 5.82 Å². The van der Waals surface area contributed by atoms with E-state index < -0.39 is 0 Å². The second-order valence-corrected chi connectivity index (χ2v) is 3.46. The lowest BCUT2D eigenvalue weighted by Gasteiger charge is -2.21. The lowest BCUT2D eigenvalue weighted by atomic mass is 9.94. The fourth-order valence-corrected chi connectivity index (χ4v) is 1.71. The number of piperidine rings is 1. The molecule has 1 aromatic rings. The van der Waals surface area contributed by atoms with Crippen molar-refractivity contribution in [2.24, 2.45) is 5.92 Å². The average Bonchev–Trinajstić information content (AvgIpc) is 2.21. The van der Waals surface area contributed by atoms with Gasteiger partial charge in [-0.15, -0.1) is 5.10 Å². The third kappa shape index (κ3) is 2.45. The van der Waals surface area contributed by atoms with Gasteiger partial charge < -0.3 is 5.32 Å². The molecule has 0 atom stereocenters. The highest BCUT2D eigenvalue weighted by Crippen LogP contribution is 2.14. The molecule has 1 aliphatic heterocycles. The van der Waals surface area contributed by atoms with Crippen LogP contribution in [0.2, 0.25) is 0 Å². The molecule has 1 fully saturated rings. The highest BCUT2D eigenvalue weighted by Gasteiger charge is 2.14. The predicted octanol–water partition coefficient (Wildman–Crippen LogP) is 0.414. The molecule has 13 heavy (non-hydrogen) atoms. The van der Waals surface area contributed by atoms with Gasteiger partial charge >= 0.3 is 0 Å². The van der Waals surface area contributed by atoms with E-state index >= 15 is 0 Å². The number of hydrogen-bond donors (Lipinski definition) is 1. The van der Waals surface area contributed by atoms with Gasteiger partial charge in [0, 0.05) is 12.6 Å². The molecule has 4 nitrogen and oxygen atoms in total. The summed E-state index contributed by atoms with van der Waals surface area (Å²) in [5.41, 5.74) is 0. The Balaban J connectivity index is 1.90. The number of hydrogen-bond acceptors (Lipinski definition) is 4. The maximum absolute atomic E-state index is 4.18. The average molecular weight is 178 g/mol. The van der Waals surface area contributed by atoms with Gasteiger partial charge in [-0.3, -0.25) is 0 Å². The number of aromatic nitrogens is 3. The Bertz CT molecular complexity index is 243. The summed E-state index contributed by atoms with van der Waals surface area (Å²) in [4.78, 5) is 4.18. The van der Waals surface area contributed by atoms with Crippen molar-refractivity contribution in [2.75, 3.05) is 13.1 Å². The maximum Gasteiger partial charge on any atom is 0.151 e. The lowest BCUT2D eigenvalue weighted by Crippen LogP contribution is -2.29. The van der Waals surface area contributed by atoms with Crippen LogP contribution in [-0.4, -0.2) is 28.3 Å². The van der Waals surface area contributed by atoms with Gasteiger partial charge in [0.05, 0.1) is 6.20 Å². The van der Waals surface area contributed by atoms with Crippen LogP contribution in [0.5, 0.6) is 0 Å². The van der Waals surface area contributed by atoms with E-state index in [1.165, 1.54) is 12.8 Å². The molecule has 0 aromatic carbocycles. The maximum atomic E-state index is 4.18. The molecule has 0 spiro atoms. The van der Waals surface area contributed by atoms with Crippen LogP contribution in [0.3, 0.4) is 0 Å². The zero-order valence-electron chi connectivity index (χ0n) is 7.61. The Morgan fingerprint density at radius 1 is 1.31 bits per heavy atom. The Labute approximate surface area is 77.8 Å². The molecule has 0 amide bonds. The molecule has 1 aromatic heterocycles. The molecular formula is C9H14N4. The first kappa shape index (κ1) is 8.56. The predicted molar refractivity (Wildman–Crippen MR) is 49.1 cm³/mol. The van der Waals surface area contributed by atoms with E-state index in [2.05, 4.69) is 20.5 Å². The van der Waals surface area contributed by atoms with Crippen LogP contribution in [0.25, 0.3) is 0 Å². The zero-order chi connectivity index (χ0) is 8.93. The summed E-state index contributed by atoms with van der Waals surface area (Å²) in [6.07, 6.45) is 6.78. The third-order valence-electron chi connectivity index (χ3n) is 2.46. The van der Waals surface area contributed by atoms with Crippen LogP contribution >= 0.6 is 0 Å². The van der Waals surface area contributed by atoms with E-state index in [0.29, 0.717) is 0 Å². The monoisotopic (exact) mass is 178 g/mol. The topological polar surface area (TPSA) is 50.7 Å². The van der Waals surface area contributed by atoms with E-state index in [-0.39, 0.29) is 0 Å². The van der Waals surface area contributed by atoms with Crippen molar-refractivity contribution >= 4 is 0 Å². The molecule has 4 heteroatoms. The first-order valence-electron chi connectivity index (χ1n) is 4.78. The molecule has 0 bridgehead atoms. The first-order valence-corrected chi connectivity index (χ1v) is 4.78. The van der Waals surface area contributed by atoms with E-state index in [9.17, 15) is 0 Å². The van der Waals surface area contributed by atoms with Crippen LogP contribution < -0.4 is 5.32 Å². The SMILES string of the molecule is c1cnc(CC2CCNCC2)nn1. The van der Waals surface area contributed by atoms with Gasteiger partial charge in [0.2, 0.25) is 0 Å². The first-order chi connectivity index (χ1) is 6.45. The van der Waals surface area contributed by atoms with E-state index in [0.717, 1.165) is 31.3 Å². The minimum Gasteiger partial charge on any atom is -0.317 e. The van der Waals surface area contributed by atoms with E-state index in [1.54, 1.807) is 12.4 Å². The van der Waals surface area contributed by atoms with Crippen molar-refractivity contribution < 1.29 is 0 Å². The van der Waals surface area contributed by atoms with Gasteiger partial charge in [-0.2, -0.15) is 5.10 Å². The molecule has 1 saturated heterocycles. The van der Waals surface area contributed by atoms with Gasteiger partial charge in [0.1, 0.15) is 0 Å². The minimum absolute atomic E-state index is 0.741. The molecule has 2 rings (SSSR count). The van der Waals surface area contributed by atoms with Crippen LogP contribution in [0.4, 0.5) is 0 Å². The smallest absolute Gasteiger partial charge is 0.151 e. The summed E-state index contributed by atoms with van der Waals surface area (Å²) in [5, 5.41) is 11.2. The normalized spacial score (nSPS) is 18.8. The molecular weight excluding hydrogens is 164 g/mol. The Morgan fingerprint density at radius 3 is 2.85 bits per heavy atom. The summed E-state index contributed by atoms with van der Waals surface area (Å²) < 4.78 is 0. The molecule has 70 valence electrons. The molecule has 0 saturated carbocycles. The lowest BCUT2D eigenvalue weighted by molar-refractivity contribution is 0.366. The molecule has 0 aliphatic carbocycles. The van der Waals surface area contributed by atoms with Crippen molar-refractivity contribution in [2.45, 2.75) is 19.3 Å². The zero-order valence-corrected chi connectivity index (χ0v) is 7.61. The summed E-state index contributed by atoms with van der Waals surface area (Å²) >= 11 is 0. The summed E-state index contributed by atoms with van der Waals surface area (Å²) in [6, 6.07) is 0. The molecule has 1 N–H and O–H groups in total. The van der Waals surface area contributed by atoms with Crippen molar-refractivity contribution in [1.29, 1.82) is 0 Å². The van der Waals surface area contributed by atoms with Gasteiger partial charge in [-0.1, -0.05) is 0 Å². The van der Waals surface area contributed by atoms with Gasteiger partial charge in [-0.25, -0.2) is 4.98 Å². The summed E-state index contributed by atoms with van der Waals surface area (Å²) in [7, 11) is 0. The Morgan fingerprint density at radius 2 is 2.15 bits per heavy atom. The van der Waals surface area contributed by atoms with Crippen LogP contribution in [0.15, 0.2) is 12.4 Å². The minimum atomic E-state index is 0.741. The van der Waals surface area contributed by atoms with Gasteiger partial charge in [0.25, 0.3) is 0 Å². The second-order valence-electron chi connectivity index (χ2n) is 3.46. The summed E-state index contributed by atoms with van der Waals surface area (Å²) in [6.45, 7) is 2.26. The fraction of sp³-hybridized carbons (Fsp3) is 0.667. The van der Waals surface area contributed by atoms with Crippen molar-refractivity contribution in [1.82, 2.24) is 20.5 Å². The van der Waals surface area contributed by atoms with Gasteiger partial charge in [-0.05, 0) is 31.8 Å². The number of nitrogens with one attached hydrogen (secondary N) is 1. The fourth-order valence-electron chi connectivity index (χ4n) is 1.71. The van der Waals surface area contributed by atoms with E-state index in [4.69, 9.17) is 0 Å². The van der Waals surface area contributed by atoms with E-state index in [1.807, 2.05) is 0 Å². The summed E-state index contributed by atoms with van der Waals surface area (Å²) in [5.74, 6) is 1.62. The van der Waals surface area contributed by atoms with Crippen LogP contribution in [-0.2, 0) is 6.42 Å². The largest absolute Gasteiger partial charge is 0.317 e. The molecule has 0 unspecified atom stereocenters. The van der Waals surface area contributed by atoms with Crippen molar-refractivity contribution in [3.8, 4) is 0 Å². The molecule has 0 radical (unpaired) electrons. The molecule has 2 heterocycles. The highest BCUT2D eigenvalue weighted by molar-refractivity contribution is 4.86. The second kappa shape index (κ2) is 4.28. The van der Waals surface area contributed by atoms with Crippen molar-refractivity contribution in [3.63, 3.8) is 0 Å². The Hall–Kier alpha value is -1.03.